The van der Waals surface area contributed by atoms with E-state index < -0.39 is 11.5 Å². The van der Waals surface area contributed by atoms with Gasteiger partial charge in [0.2, 0.25) is 5.91 Å². The molecule has 5 nitrogen and oxygen atoms in total. The highest BCUT2D eigenvalue weighted by molar-refractivity contribution is 5.95. The zero-order chi connectivity index (χ0) is 17.3. The quantitative estimate of drug-likeness (QED) is 0.873. The van der Waals surface area contributed by atoms with Gasteiger partial charge in [-0.2, -0.15) is 0 Å². The molecule has 5 heteroatoms. The van der Waals surface area contributed by atoms with Crippen LogP contribution in [0.25, 0.3) is 0 Å². The number of rotatable bonds is 2. The molecule has 0 bridgehead atoms. The molecule has 1 aromatic carbocycles. The van der Waals surface area contributed by atoms with E-state index in [1.165, 1.54) is 10.5 Å². The number of nitrogens with zero attached hydrogens (tertiary/aromatic N) is 1. The zero-order valence-corrected chi connectivity index (χ0v) is 14.3. The summed E-state index contributed by atoms with van der Waals surface area (Å²) in [6, 6.07) is 7.91. The molecule has 0 radical (unpaired) electrons. The molecule has 0 aromatic heterocycles. The Balaban J connectivity index is 2.06. The molecule has 0 saturated carbocycles. The molecule has 23 heavy (non-hydrogen) atoms. The molecular formula is C18H26N2O3. The smallest absolute Gasteiger partial charge is 0.407 e. The minimum atomic E-state index is -0.912. The van der Waals surface area contributed by atoms with Gasteiger partial charge in [-0.1, -0.05) is 39.8 Å². The Labute approximate surface area is 137 Å². The van der Waals surface area contributed by atoms with Gasteiger partial charge in [-0.05, 0) is 36.0 Å². The van der Waals surface area contributed by atoms with Crippen LogP contribution in [0.4, 0.5) is 10.5 Å². The highest BCUT2D eigenvalue weighted by atomic mass is 16.4. The van der Waals surface area contributed by atoms with Crippen molar-refractivity contribution >= 4 is 17.7 Å². The second-order valence-electron chi connectivity index (χ2n) is 7.62. The average Bonchev–Trinajstić information content (AvgIpc) is 2.47. The lowest BCUT2D eigenvalue weighted by Gasteiger charge is -2.37. The molecule has 1 fully saturated rings. The SMILES string of the molecule is CC1(C(=O)Nc2cccc(C(C)(C)C)c2)CCN(C(=O)O)CC1. The zero-order valence-electron chi connectivity index (χ0n) is 14.3. The third-order valence-corrected chi connectivity index (χ3v) is 4.67. The second kappa shape index (κ2) is 6.22. The molecular weight excluding hydrogens is 292 g/mol. The van der Waals surface area contributed by atoms with Gasteiger partial charge < -0.3 is 15.3 Å². The Kier molecular flexibility index (Phi) is 4.68. The van der Waals surface area contributed by atoms with Crippen LogP contribution in [0, 0.1) is 5.41 Å². The van der Waals surface area contributed by atoms with E-state index in [4.69, 9.17) is 5.11 Å². The second-order valence-corrected chi connectivity index (χ2v) is 7.62. The van der Waals surface area contributed by atoms with Crippen molar-refractivity contribution in [2.75, 3.05) is 18.4 Å². The summed E-state index contributed by atoms with van der Waals surface area (Å²) in [5, 5.41) is 12.0. The van der Waals surface area contributed by atoms with Crippen LogP contribution >= 0.6 is 0 Å². The van der Waals surface area contributed by atoms with Crippen molar-refractivity contribution < 1.29 is 14.7 Å². The molecule has 1 aliphatic heterocycles. The molecule has 0 spiro atoms. The molecule has 126 valence electrons. The Bertz CT molecular complexity index is 597. The summed E-state index contributed by atoms with van der Waals surface area (Å²) < 4.78 is 0. The minimum absolute atomic E-state index is 0.0253. The van der Waals surface area contributed by atoms with E-state index >= 15 is 0 Å². The molecule has 0 atom stereocenters. The van der Waals surface area contributed by atoms with Crippen molar-refractivity contribution in [2.24, 2.45) is 5.41 Å². The van der Waals surface area contributed by atoms with Crippen molar-refractivity contribution in [3.8, 4) is 0 Å². The van der Waals surface area contributed by atoms with Gasteiger partial charge in [-0.25, -0.2) is 4.79 Å². The number of nitrogens with one attached hydrogen (secondary N) is 1. The standard InChI is InChI=1S/C18H26N2O3/c1-17(2,3)13-6-5-7-14(12-13)19-15(21)18(4)8-10-20(11-9-18)16(22)23/h5-7,12H,8-11H2,1-4H3,(H,19,21)(H,22,23). The van der Waals surface area contributed by atoms with E-state index in [0.29, 0.717) is 25.9 Å². The third-order valence-electron chi connectivity index (χ3n) is 4.67. The van der Waals surface area contributed by atoms with Crippen LogP contribution in [0.15, 0.2) is 24.3 Å². The maximum atomic E-state index is 12.6. The highest BCUT2D eigenvalue weighted by Crippen LogP contribution is 2.33. The molecule has 1 saturated heterocycles. The van der Waals surface area contributed by atoms with Crippen LogP contribution in [-0.2, 0) is 10.2 Å². The molecule has 0 unspecified atom stereocenters. The maximum absolute atomic E-state index is 12.6. The minimum Gasteiger partial charge on any atom is -0.465 e. The van der Waals surface area contributed by atoms with E-state index in [-0.39, 0.29) is 11.3 Å². The Morgan fingerprint density at radius 2 is 1.83 bits per heavy atom. The number of hydrogen-bond acceptors (Lipinski definition) is 2. The largest absolute Gasteiger partial charge is 0.465 e. The molecule has 1 heterocycles. The number of amides is 2. The van der Waals surface area contributed by atoms with Crippen LogP contribution in [-0.4, -0.2) is 35.1 Å². The molecule has 1 aliphatic rings. The molecule has 2 N–H and O–H groups in total. The monoisotopic (exact) mass is 318 g/mol. The summed E-state index contributed by atoms with van der Waals surface area (Å²) >= 11 is 0. The number of anilines is 1. The lowest BCUT2D eigenvalue weighted by Crippen LogP contribution is -2.46. The van der Waals surface area contributed by atoms with Gasteiger partial charge in [0, 0.05) is 18.8 Å². The van der Waals surface area contributed by atoms with Crippen LogP contribution in [0.2, 0.25) is 0 Å². The van der Waals surface area contributed by atoms with Crippen molar-refractivity contribution in [3.63, 3.8) is 0 Å². The van der Waals surface area contributed by atoms with Crippen molar-refractivity contribution in [2.45, 2.75) is 46.0 Å². The topological polar surface area (TPSA) is 69.6 Å². The Morgan fingerprint density at radius 3 is 2.35 bits per heavy atom. The van der Waals surface area contributed by atoms with E-state index in [1.54, 1.807) is 0 Å². The molecule has 2 amide bonds. The maximum Gasteiger partial charge on any atom is 0.407 e. The molecule has 0 aliphatic carbocycles. The highest BCUT2D eigenvalue weighted by Gasteiger charge is 2.38. The number of benzene rings is 1. The lowest BCUT2D eigenvalue weighted by atomic mass is 9.79. The Hall–Kier alpha value is -2.04. The molecule has 1 aromatic rings. The number of carbonyl (C=O) groups is 2. The summed E-state index contributed by atoms with van der Waals surface area (Å²) in [4.78, 5) is 25.0. The fourth-order valence-electron chi connectivity index (χ4n) is 2.76. The first-order chi connectivity index (χ1) is 10.6. The number of carboxylic acid groups (broad SMARTS) is 1. The van der Waals surface area contributed by atoms with E-state index in [1.807, 2.05) is 25.1 Å². The fourth-order valence-corrected chi connectivity index (χ4v) is 2.76. The number of likely N-dealkylation sites (tertiary alicyclic amines) is 1. The number of piperidine rings is 1. The van der Waals surface area contributed by atoms with Crippen LogP contribution in [0.1, 0.15) is 46.1 Å². The van der Waals surface area contributed by atoms with Crippen molar-refractivity contribution in [1.29, 1.82) is 0 Å². The molecule has 2 rings (SSSR count). The first kappa shape index (κ1) is 17.3. The van der Waals surface area contributed by atoms with Crippen LogP contribution in [0.5, 0.6) is 0 Å². The van der Waals surface area contributed by atoms with Crippen molar-refractivity contribution in [3.05, 3.63) is 29.8 Å². The summed E-state index contributed by atoms with van der Waals surface area (Å²) in [7, 11) is 0. The lowest BCUT2D eigenvalue weighted by molar-refractivity contribution is -0.127. The predicted molar refractivity (Wildman–Crippen MR) is 90.7 cm³/mol. The van der Waals surface area contributed by atoms with E-state index in [2.05, 4.69) is 32.2 Å². The van der Waals surface area contributed by atoms with Gasteiger partial charge in [0.15, 0.2) is 0 Å². The number of carbonyl (C=O) groups excluding carboxylic acids is 1. The summed E-state index contributed by atoms with van der Waals surface area (Å²) in [5.74, 6) is -0.0337. The summed E-state index contributed by atoms with van der Waals surface area (Å²) in [6.45, 7) is 9.13. The number of hydrogen-bond donors (Lipinski definition) is 2. The first-order valence-electron chi connectivity index (χ1n) is 8.02. The van der Waals surface area contributed by atoms with E-state index in [0.717, 1.165) is 5.69 Å². The summed E-state index contributed by atoms with van der Waals surface area (Å²) in [6.07, 6.45) is 0.180. The van der Waals surface area contributed by atoms with Gasteiger partial charge in [-0.15, -0.1) is 0 Å². The van der Waals surface area contributed by atoms with Gasteiger partial charge in [0.05, 0.1) is 5.41 Å². The fraction of sp³-hybridized carbons (Fsp3) is 0.556. The normalized spacial score (nSPS) is 17.7. The van der Waals surface area contributed by atoms with Gasteiger partial charge >= 0.3 is 6.09 Å². The first-order valence-corrected chi connectivity index (χ1v) is 8.02. The summed E-state index contributed by atoms with van der Waals surface area (Å²) in [5.41, 5.74) is 1.46. The van der Waals surface area contributed by atoms with Gasteiger partial charge in [0.25, 0.3) is 0 Å². The van der Waals surface area contributed by atoms with Crippen molar-refractivity contribution in [1.82, 2.24) is 4.90 Å². The van der Waals surface area contributed by atoms with Gasteiger partial charge in [-0.3, -0.25) is 4.79 Å². The Morgan fingerprint density at radius 1 is 1.22 bits per heavy atom. The van der Waals surface area contributed by atoms with Crippen LogP contribution in [0.3, 0.4) is 0 Å². The van der Waals surface area contributed by atoms with E-state index in [9.17, 15) is 9.59 Å². The van der Waals surface area contributed by atoms with Gasteiger partial charge in [0.1, 0.15) is 0 Å². The predicted octanol–water partition coefficient (Wildman–Crippen LogP) is 3.70. The average molecular weight is 318 g/mol. The third kappa shape index (κ3) is 4.03. The van der Waals surface area contributed by atoms with Crippen LogP contribution < -0.4 is 5.32 Å².